The first-order valence-corrected chi connectivity index (χ1v) is 8.48. The summed E-state index contributed by atoms with van der Waals surface area (Å²) in [4.78, 5) is 28.1. The van der Waals surface area contributed by atoms with Gasteiger partial charge in [0.25, 0.3) is 5.91 Å². The molecule has 0 atom stereocenters. The van der Waals surface area contributed by atoms with Crippen molar-refractivity contribution in [2.75, 3.05) is 13.7 Å². The Balaban J connectivity index is 1.60. The summed E-state index contributed by atoms with van der Waals surface area (Å²) in [7, 11) is 3.40. The highest BCUT2D eigenvalue weighted by atomic mass is 16.5. The maximum atomic E-state index is 12.1. The van der Waals surface area contributed by atoms with Gasteiger partial charge in [0.1, 0.15) is 5.82 Å². The predicted octanol–water partition coefficient (Wildman–Crippen LogP) is 2.48. The molecule has 3 aromatic rings. The van der Waals surface area contributed by atoms with E-state index in [2.05, 4.69) is 10.3 Å². The lowest BCUT2D eigenvalue weighted by atomic mass is 10.1. The number of aryl methyl sites for hydroxylation is 1. The zero-order valence-electron chi connectivity index (χ0n) is 15.5. The summed E-state index contributed by atoms with van der Waals surface area (Å²) in [5.41, 5.74) is 2.41. The number of carbonyl (C=O) groups is 2. The number of para-hydroxylation sites is 2. The van der Waals surface area contributed by atoms with Crippen molar-refractivity contribution in [3.05, 3.63) is 53.9 Å². The number of hydrogen-bond acceptors (Lipinski definition) is 5. The normalized spacial score (nSPS) is 10.6. The SMILES string of the molecule is COc1cc(C(C)=O)ccc1OCC(=O)NCc1nc2ccccc2n1C. The lowest BCUT2D eigenvalue weighted by Gasteiger charge is -2.11. The highest BCUT2D eigenvalue weighted by Crippen LogP contribution is 2.28. The van der Waals surface area contributed by atoms with Crippen LogP contribution >= 0.6 is 0 Å². The molecule has 1 amide bonds. The smallest absolute Gasteiger partial charge is 0.258 e. The molecular formula is C20H21N3O4. The Kier molecular flexibility index (Phi) is 5.40. The number of aromatic nitrogens is 2. The highest BCUT2D eigenvalue weighted by Gasteiger charge is 2.12. The molecule has 0 fully saturated rings. The van der Waals surface area contributed by atoms with E-state index in [0.29, 0.717) is 23.6 Å². The van der Waals surface area contributed by atoms with Crippen LogP contribution in [0.3, 0.4) is 0 Å². The van der Waals surface area contributed by atoms with E-state index in [-0.39, 0.29) is 18.3 Å². The molecule has 0 radical (unpaired) electrons. The molecule has 1 aromatic heterocycles. The molecule has 0 aliphatic heterocycles. The fourth-order valence-corrected chi connectivity index (χ4v) is 2.73. The third kappa shape index (κ3) is 4.08. The number of fused-ring (bicyclic) bond motifs is 1. The summed E-state index contributed by atoms with van der Waals surface area (Å²) in [5, 5.41) is 2.80. The van der Waals surface area contributed by atoms with E-state index in [0.717, 1.165) is 16.9 Å². The second-order valence-corrected chi connectivity index (χ2v) is 6.06. The second-order valence-electron chi connectivity index (χ2n) is 6.06. The number of nitrogens with zero attached hydrogens (tertiary/aromatic N) is 2. The van der Waals surface area contributed by atoms with Crippen molar-refractivity contribution in [1.29, 1.82) is 0 Å². The average Bonchev–Trinajstić information content (AvgIpc) is 3.00. The van der Waals surface area contributed by atoms with Gasteiger partial charge in [0.05, 0.1) is 24.7 Å². The number of ether oxygens (including phenoxy) is 2. The van der Waals surface area contributed by atoms with Gasteiger partial charge in [-0.3, -0.25) is 9.59 Å². The van der Waals surface area contributed by atoms with Crippen molar-refractivity contribution < 1.29 is 19.1 Å². The second kappa shape index (κ2) is 7.90. The third-order valence-electron chi connectivity index (χ3n) is 4.25. The van der Waals surface area contributed by atoms with Gasteiger partial charge in [-0.15, -0.1) is 0 Å². The van der Waals surface area contributed by atoms with Gasteiger partial charge in [-0.25, -0.2) is 4.98 Å². The lowest BCUT2D eigenvalue weighted by Crippen LogP contribution is -2.29. The molecule has 0 spiro atoms. The maximum Gasteiger partial charge on any atom is 0.258 e. The number of ketones is 1. The predicted molar refractivity (Wildman–Crippen MR) is 101 cm³/mol. The number of rotatable bonds is 7. The molecule has 0 bridgehead atoms. The number of Topliss-reactive ketones (excluding diaryl/α,β-unsaturated/α-hetero) is 1. The molecule has 0 aliphatic carbocycles. The summed E-state index contributed by atoms with van der Waals surface area (Å²) < 4.78 is 12.7. The molecule has 0 saturated heterocycles. The molecule has 0 saturated carbocycles. The number of nitrogens with one attached hydrogen (secondary N) is 1. The fraction of sp³-hybridized carbons (Fsp3) is 0.250. The van der Waals surface area contributed by atoms with Crippen molar-refractivity contribution >= 4 is 22.7 Å². The van der Waals surface area contributed by atoms with Gasteiger partial charge >= 0.3 is 0 Å². The molecule has 140 valence electrons. The van der Waals surface area contributed by atoms with Crippen LogP contribution in [0.1, 0.15) is 23.1 Å². The standard InChI is InChI=1S/C20H21N3O4/c1-13(24)14-8-9-17(18(10-14)26-3)27-12-20(25)21-11-19-22-15-6-4-5-7-16(15)23(19)2/h4-10H,11-12H2,1-3H3,(H,21,25). The Bertz CT molecular complexity index is 994. The third-order valence-corrected chi connectivity index (χ3v) is 4.25. The quantitative estimate of drug-likeness (QED) is 0.649. The fourth-order valence-electron chi connectivity index (χ4n) is 2.73. The first-order valence-electron chi connectivity index (χ1n) is 8.48. The Labute approximate surface area is 156 Å². The first-order chi connectivity index (χ1) is 13.0. The molecule has 2 aromatic carbocycles. The Morgan fingerprint density at radius 2 is 1.93 bits per heavy atom. The molecule has 0 aliphatic rings. The summed E-state index contributed by atoms with van der Waals surface area (Å²) in [6.07, 6.45) is 0. The Morgan fingerprint density at radius 3 is 2.63 bits per heavy atom. The van der Waals surface area contributed by atoms with E-state index in [1.165, 1.54) is 14.0 Å². The minimum Gasteiger partial charge on any atom is -0.493 e. The molecule has 1 N–H and O–H groups in total. The van der Waals surface area contributed by atoms with Gasteiger partial charge in [-0.1, -0.05) is 12.1 Å². The summed E-state index contributed by atoms with van der Waals surface area (Å²) in [5.74, 6) is 1.22. The van der Waals surface area contributed by atoms with Crippen molar-refractivity contribution in [1.82, 2.24) is 14.9 Å². The van der Waals surface area contributed by atoms with Crippen LogP contribution in [-0.2, 0) is 18.4 Å². The van der Waals surface area contributed by atoms with E-state index in [1.54, 1.807) is 18.2 Å². The number of carbonyl (C=O) groups excluding carboxylic acids is 2. The topological polar surface area (TPSA) is 82.4 Å². The molecule has 3 rings (SSSR count). The van der Waals surface area contributed by atoms with Gasteiger partial charge in [-0.2, -0.15) is 0 Å². The van der Waals surface area contributed by atoms with Crippen LogP contribution < -0.4 is 14.8 Å². The summed E-state index contributed by atoms with van der Waals surface area (Å²) in [6, 6.07) is 12.6. The largest absolute Gasteiger partial charge is 0.493 e. The molecule has 7 heteroatoms. The van der Waals surface area contributed by atoms with Crippen molar-refractivity contribution in [2.24, 2.45) is 7.05 Å². The minimum absolute atomic E-state index is 0.0694. The monoisotopic (exact) mass is 367 g/mol. The van der Waals surface area contributed by atoms with Gasteiger partial charge in [0, 0.05) is 12.6 Å². The van der Waals surface area contributed by atoms with Gasteiger partial charge < -0.3 is 19.4 Å². The first kappa shape index (κ1) is 18.4. The maximum absolute atomic E-state index is 12.1. The molecule has 27 heavy (non-hydrogen) atoms. The minimum atomic E-state index is -0.278. The van der Waals surface area contributed by atoms with Gasteiger partial charge in [-0.05, 0) is 37.3 Å². The lowest BCUT2D eigenvalue weighted by molar-refractivity contribution is -0.123. The van der Waals surface area contributed by atoms with Gasteiger partial charge in [0.15, 0.2) is 23.9 Å². The van der Waals surface area contributed by atoms with Crippen molar-refractivity contribution in [2.45, 2.75) is 13.5 Å². The van der Waals surface area contributed by atoms with E-state index in [1.807, 2.05) is 35.9 Å². The van der Waals surface area contributed by atoms with Crippen LogP contribution in [0.5, 0.6) is 11.5 Å². The number of benzene rings is 2. The van der Waals surface area contributed by atoms with Crippen LogP contribution in [0.15, 0.2) is 42.5 Å². The van der Waals surface area contributed by atoms with E-state index >= 15 is 0 Å². The number of methoxy groups -OCH3 is 1. The van der Waals surface area contributed by atoms with E-state index < -0.39 is 0 Å². The van der Waals surface area contributed by atoms with Crippen LogP contribution in [0, 0.1) is 0 Å². The highest BCUT2D eigenvalue weighted by molar-refractivity contribution is 5.94. The van der Waals surface area contributed by atoms with Crippen LogP contribution in [0.4, 0.5) is 0 Å². The Hall–Kier alpha value is -3.35. The molecular weight excluding hydrogens is 346 g/mol. The van der Waals surface area contributed by atoms with Gasteiger partial charge in [0.2, 0.25) is 0 Å². The Morgan fingerprint density at radius 1 is 1.15 bits per heavy atom. The van der Waals surface area contributed by atoms with Crippen LogP contribution in [0.2, 0.25) is 0 Å². The van der Waals surface area contributed by atoms with Crippen LogP contribution in [0.25, 0.3) is 11.0 Å². The average molecular weight is 367 g/mol. The molecule has 1 heterocycles. The zero-order valence-corrected chi connectivity index (χ0v) is 15.5. The van der Waals surface area contributed by atoms with Crippen LogP contribution in [-0.4, -0.2) is 35.0 Å². The molecule has 0 unspecified atom stereocenters. The van der Waals surface area contributed by atoms with Crippen molar-refractivity contribution in [3.8, 4) is 11.5 Å². The summed E-state index contributed by atoms with van der Waals surface area (Å²) in [6.45, 7) is 1.61. The zero-order chi connectivity index (χ0) is 19.4. The van der Waals surface area contributed by atoms with E-state index in [9.17, 15) is 9.59 Å². The van der Waals surface area contributed by atoms with E-state index in [4.69, 9.17) is 9.47 Å². The number of imidazole rings is 1. The van der Waals surface area contributed by atoms with Crippen molar-refractivity contribution in [3.63, 3.8) is 0 Å². The number of hydrogen-bond donors (Lipinski definition) is 1. The summed E-state index contributed by atoms with van der Waals surface area (Å²) >= 11 is 0. The number of amides is 1. The molecule has 7 nitrogen and oxygen atoms in total.